The van der Waals surface area contributed by atoms with Crippen molar-refractivity contribution in [3.63, 3.8) is 0 Å². The zero-order valence-corrected chi connectivity index (χ0v) is 13.6. The molecule has 0 N–H and O–H groups in total. The van der Waals surface area contributed by atoms with Crippen molar-refractivity contribution in [1.29, 1.82) is 0 Å². The lowest BCUT2D eigenvalue weighted by Crippen LogP contribution is -2.63. The molecule has 0 aliphatic rings. The minimum Gasteiger partial charge on any atom is -0.397 e. The second-order valence-corrected chi connectivity index (χ2v) is 6.74. The first-order chi connectivity index (χ1) is 10.2. The molecule has 0 spiro atoms. The summed E-state index contributed by atoms with van der Waals surface area (Å²) >= 11 is 0. The van der Waals surface area contributed by atoms with Crippen LogP contribution in [0.25, 0.3) is 0 Å². The van der Waals surface area contributed by atoms with Crippen molar-refractivity contribution in [2.24, 2.45) is 5.92 Å². The second-order valence-electron chi connectivity index (χ2n) is 4.75. The van der Waals surface area contributed by atoms with Crippen LogP contribution in [0.2, 0.25) is 6.04 Å². The summed E-state index contributed by atoms with van der Waals surface area (Å²) in [5.41, 5.74) is 0. The zero-order valence-electron chi connectivity index (χ0n) is 12.5. The molecule has 0 saturated heterocycles. The summed E-state index contributed by atoms with van der Waals surface area (Å²) in [5, 5.41) is 0. The molecular formula is C11H17F9O2Si. The fourth-order valence-corrected chi connectivity index (χ4v) is 3.67. The van der Waals surface area contributed by atoms with E-state index in [9.17, 15) is 39.5 Å². The van der Waals surface area contributed by atoms with Crippen LogP contribution in [0, 0.1) is 5.92 Å². The van der Waals surface area contributed by atoms with Gasteiger partial charge in [0.2, 0.25) is 0 Å². The molecule has 0 aliphatic carbocycles. The molecule has 0 rings (SSSR count). The quantitative estimate of drug-likeness (QED) is 0.437. The van der Waals surface area contributed by atoms with Crippen LogP contribution < -0.4 is 0 Å². The Bertz CT molecular complexity index is 367. The molecule has 0 amide bonds. The summed E-state index contributed by atoms with van der Waals surface area (Å²) in [7, 11) is -2.90. The van der Waals surface area contributed by atoms with E-state index in [0.29, 0.717) is 6.92 Å². The molecule has 1 atom stereocenters. The highest BCUT2D eigenvalue weighted by molar-refractivity contribution is 6.44. The number of rotatable bonds is 9. The maximum atomic E-state index is 13.6. The molecule has 0 bridgehead atoms. The van der Waals surface area contributed by atoms with Crippen molar-refractivity contribution in [3.05, 3.63) is 0 Å². The Morgan fingerprint density at radius 1 is 0.783 bits per heavy atom. The van der Waals surface area contributed by atoms with Crippen molar-refractivity contribution in [2.75, 3.05) is 13.2 Å². The van der Waals surface area contributed by atoms with Gasteiger partial charge < -0.3 is 8.85 Å². The van der Waals surface area contributed by atoms with Crippen LogP contribution in [-0.4, -0.2) is 46.4 Å². The fourth-order valence-electron chi connectivity index (χ4n) is 1.69. The lowest BCUT2D eigenvalue weighted by atomic mass is 9.94. The van der Waals surface area contributed by atoms with E-state index in [1.54, 1.807) is 0 Å². The fraction of sp³-hybridized carbons (Fsp3) is 1.00. The van der Waals surface area contributed by atoms with Gasteiger partial charge >= 0.3 is 33.2 Å². The van der Waals surface area contributed by atoms with E-state index in [1.165, 1.54) is 13.8 Å². The van der Waals surface area contributed by atoms with E-state index in [2.05, 4.69) is 0 Å². The van der Waals surface area contributed by atoms with Gasteiger partial charge in [-0.2, -0.15) is 39.5 Å². The lowest BCUT2D eigenvalue weighted by Gasteiger charge is -2.37. The van der Waals surface area contributed by atoms with Crippen LogP contribution in [0.3, 0.4) is 0 Å². The molecule has 23 heavy (non-hydrogen) atoms. The van der Waals surface area contributed by atoms with Gasteiger partial charge in [0.1, 0.15) is 0 Å². The Hall–Kier alpha value is -0.493. The van der Waals surface area contributed by atoms with Gasteiger partial charge in [0, 0.05) is 19.1 Å². The largest absolute Gasteiger partial charge is 0.460 e. The highest BCUT2D eigenvalue weighted by Crippen LogP contribution is 2.55. The molecule has 2 nitrogen and oxygen atoms in total. The monoisotopic (exact) mass is 380 g/mol. The maximum Gasteiger partial charge on any atom is 0.460 e. The number of alkyl halides is 9. The molecule has 0 radical (unpaired) electrons. The molecule has 0 saturated carbocycles. The molecule has 1 unspecified atom stereocenters. The topological polar surface area (TPSA) is 18.5 Å². The van der Waals surface area contributed by atoms with Gasteiger partial charge in [-0.25, -0.2) is 0 Å². The molecule has 0 aromatic carbocycles. The number of hydrogen-bond donors (Lipinski definition) is 0. The minimum absolute atomic E-state index is 0.00425. The van der Waals surface area contributed by atoms with Crippen molar-refractivity contribution in [3.8, 4) is 0 Å². The zero-order chi connectivity index (χ0) is 18.7. The van der Waals surface area contributed by atoms with Gasteiger partial charge in [-0.15, -0.1) is 0 Å². The van der Waals surface area contributed by atoms with Crippen molar-refractivity contribution < 1.29 is 48.4 Å². The number of hydrogen-bond acceptors (Lipinski definition) is 2. The summed E-state index contributed by atoms with van der Waals surface area (Å²) in [6.45, 7) is 3.40. The van der Waals surface area contributed by atoms with E-state index >= 15 is 0 Å². The van der Waals surface area contributed by atoms with Gasteiger partial charge in [-0.1, -0.05) is 6.92 Å². The Labute approximate surface area is 128 Å². The first-order valence-corrected chi connectivity index (χ1v) is 8.36. The Kier molecular flexibility index (Phi) is 7.43. The number of halogens is 9. The highest BCUT2D eigenvalue weighted by Gasteiger charge is 2.82. The molecule has 12 heteroatoms. The van der Waals surface area contributed by atoms with Crippen LogP contribution in [0.4, 0.5) is 39.5 Å². The van der Waals surface area contributed by atoms with Crippen LogP contribution >= 0.6 is 0 Å². The molecule has 0 aromatic rings. The third-order valence-corrected chi connectivity index (χ3v) is 5.54. The molecule has 0 fully saturated rings. The average molecular weight is 380 g/mol. The van der Waals surface area contributed by atoms with Crippen molar-refractivity contribution in [1.82, 2.24) is 0 Å². The lowest BCUT2D eigenvalue weighted by molar-refractivity contribution is -0.401. The van der Waals surface area contributed by atoms with Crippen LogP contribution in [-0.2, 0) is 8.85 Å². The predicted molar refractivity (Wildman–Crippen MR) is 65.3 cm³/mol. The first kappa shape index (κ1) is 22.5. The van der Waals surface area contributed by atoms with E-state index in [-0.39, 0.29) is 13.2 Å². The van der Waals surface area contributed by atoms with Gasteiger partial charge in [0.15, 0.2) is 0 Å². The summed E-state index contributed by atoms with van der Waals surface area (Å²) in [5.74, 6) is -21.6. The Morgan fingerprint density at radius 3 is 1.48 bits per heavy atom. The Balaban J connectivity index is 5.42. The summed E-state index contributed by atoms with van der Waals surface area (Å²) in [4.78, 5) is 0. The second kappa shape index (κ2) is 7.60. The van der Waals surface area contributed by atoms with Gasteiger partial charge in [-0.05, 0) is 19.9 Å². The smallest absolute Gasteiger partial charge is 0.397 e. The van der Waals surface area contributed by atoms with E-state index in [0.717, 1.165) is 0 Å². The molecule has 0 heterocycles. The molecule has 140 valence electrons. The van der Waals surface area contributed by atoms with E-state index < -0.39 is 45.2 Å². The third-order valence-electron chi connectivity index (χ3n) is 3.04. The molecule has 0 aromatic heterocycles. The first-order valence-electron chi connectivity index (χ1n) is 6.60. The van der Waals surface area contributed by atoms with Crippen LogP contribution in [0.15, 0.2) is 0 Å². The van der Waals surface area contributed by atoms with Crippen LogP contribution in [0.5, 0.6) is 0 Å². The van der Waals surface area contributed by atoms with Crippen molar-refractivity contribution >= 4 is 9.28 Å². The standard InChI is InChI=1S/C11H17F9O2Si/c1-4-21-23(22-5-2)6-7(3)8(12,13)9(14,15)10(16,17)11(18,19)20/h7,23H,4-6H2,1-3H3. The van der Waals surface area contributed by atoms with Gasteiger partial charge in [-0.3, -0.25) is 0 Å². The predicted octanol–water partition coefficient (Wildman–Crippen LogP) is 4.38. The molecular weight excluding hydrogens is 363 g/mol. The normalized spacial score (nSPS) is 16.0. The van der Waals surface area contributed by atoms with Gasteiger partial charge in [0.25, 0.3) is 0 Å². The maximum absolute atomic E-state index is 13.6. The summed E-state index contributed by atoms with van der Waals surface area (Å²) in [6, 6.07) is -0.849. The summed E-state index contributed by atoms with van der Waals surface area (Å²) in [6.07, 6.45) is -6.81. The van der Waals surface area contributed by atoms with Crippen molar-refractivity contribution in [2.45, 2.75) is 50.8 Å². The SMILES string of the molecule is CCO[SiH](CC(C)C(F)(F)C(F)(F)C(F)(F)C(F)(F)F)OCC. The highest BCUT2D eigenvalue weighted by atomic mass is 28.3. The molecule has 0 aliphatic heterocycles. The average Bonchev–Trinajstić information content (AvgIpc) is 2.37. The van der Waals surface area contributed by atoms with E-state index in [4.69, 9.17) is 8.85 Å². The van der Waals surface area contributed by atoms with Gasteiger partial charge in [0.05, 0.1) is 0 Å². The minimum atomic E-state index is -6.87. The summed E-state index contributed by atoms with van der Waals surface area (Å²) < 4.78 is 125. The van der Waals surface area contributed by atoms with Crippen LogP contribution in [0.1, 0.15) is 20.8 Å². The Morgan fingerprint density at radius 2 is 1.17 bits per heavy atom. The van der Waals surface area contributed by atoms with E-state index in [1.807, 2.05) is 0 Å². The third kappa shape index (κ3) is 4.53.